The van der Waals surface area contributed by atoms with Gasteiger partial charge in [-0.3, -0.25) is 4.79 Å². The highest BCUT2D eigenvalue weighted by atomic mass is 16.2. The van der Waals surface area contributed by atoms with Gasteiger partial charge in [0.05, 0.1) is 0 Å². The van der Waals surface area contributed by atoms with E-state index in [1.807, 2.05) is 0 Å². The van der Waals surface area contributed by atoms with Crippen molar-refractivity contribution in [2.75, 3.05) is 19.6 Å². The predicted octanol–water partition coefficient (Wildman–Crippen LogP) is 3.34. The van der Waals surface area contributed by atoms with Crippen LogP contribution >= 0.6 is 0 Å². The lowest BCUT2D eigenvalue weighted by Gasteiger charge is -2.44. The highest BCUT2D eigenvalue weighted by Crippen LogP contribution is 2.44. The van der Waals surface area contributed by atoms with Gasteiger partial charge in [0.15, 0.2) is 0 Å². The number of amides is 1. The molecular formula is C18H32N2O. The standard InChI is InChI=1S/C18H32N2O/c1-15-6-5-11-19-16(15)14-17(21)20-12-9-18(10-13-20)7-3-2-4-8-18/h15-16,19H,2-14H2,1H3. The molecule has 0 aromatic rings. The van der Waals surface area contributed by atoms with Crippen LogP contribution in [0.1, 0.15) is 71.1 Å². The Labute approximate surface area is 129 Å². The van der Waals surface area contributed by atoms with E-state index in [1.165, 1.54) is 57.8 Å². The molecule has 1 spiro atoms. The summed E-state index contributed by atoms with van der Waals surface area (Å²) in [6, 6.07) is 0.414. The molecule has 0 aromatic heterocycles. The van der Waals surface area contributed by atoms with Crippen LogP contribution in [0, 0.1) is 11.3 Å². The molecule has 1 N–H and O–H groups in total. The summed E-state index contributed by atoms with van der Waals surface area (Å²) in [6.45, 7) is 5.41. The third-order valence-electron chi connectivity index (χ3n) is 6.42. The van der Waals surface area contributed by atoms with Gasteiger partial charge in [0.2, 0.25) is 5.91 Å². The first-order chi connectivity index (χ1) is 10.2. The SMILES string of the molecule is CC1CCCNC1CC(=O)N1CCC2(CCCCC2)CC1. The summed E-state index contributed by atoms with van der Waals surface area (Å²) in [5.41, 5.74) is 0.603. The highest BCUT2D eigenvalue weighted by molar-refractivity contribution is 5.77. The minimum atomic E-state index is 0.395. The number of carbonyl (C=O) groups is 1. The molecule has 1 amide bonds. The molecule has 0 aromatic carbocycles. The van der Waals surface area contributed by atoms with Gasteiger partial charge >= 0.3 is 0 Å². The molecule has 1 aliphatic carbocycles. The monoisotopic (exact) mass is 292 g/mol. The van der Waals surface area contributed by atoms with E-state index in [0.29, 0.717) is 29.7 Å². The predicted molar refractivity (Wildman–Crippen MR) is 86.1 cm³/mol. The molecule has 3 rings (SSSR count). The maximum absolute atomic E-state index is 12.6. The summed E-state index contributed by atoms with van der Waals surface area (Å²) in [4.78, 5) is 14.7. The number of hydrogen-bond donors (Lipinski definition) is 1. The number of hydrogen-bond acceptors (Lipinski definition) is 2. The molecule has 1 saturated carbocycles. The van der Waals surface area contributed by atoms with Gasteiger partial charge in [0.25, 0.3) is 0 Å². The van der Waals surface area contributed by atoms with E-state index < -0.39 is 0 Å². The van der Waals surface area contributed by atoms with Gasteiger partial charge in [-0.2, -0.15) is 0 Å². The molecule has 3 aliphatic rings. The smallest absolute Gasteiger partial charge is 0.224 e. The summed E-state index contributed by atoms with van der Waals surface area (Å²) in [6.07, 6.45) is 12.8. The topological polar surface area (TPSA) is 32.3 Å². The van der Waals surface area contributed by atoms with Crippen LogP contribution in [0.3, 0.4) is 0 Å². The number of nitrogens with zero attached hydrogens (tertiary/aromatic N) is 1. The van der Waals surface area contributed by atoms with Crippen molar-refractivity contribution in [3.63, 3.8) is 0 Å². The fourth-order valence-electron chi connectivity index (χ4n) is 4.74. The molecule has 2 heterocycles. The fourth-order valence-corrected chi connectivity index (χ4v) is 4.74. The molecular weight excluding hydrogens is 260 g/mol. The van der Waals surface area contributed by atoms with Gasteiger partial charge in [-0.1, -0.05) is 26.2 Å². The maximum atomic E-state index is 12.6. The van der Waals surface area contributed by atoms with E-state index in [2.05, 4.69) is 17.1 Å². The normalized spacial score (nSPS) is 33.1. The van der Waals surface area contributed by atoms with Crippen molar-refractivity contribution in [1.82, 2.24) is 10.2 Å². The second kappa shape index (κ2) is 6.68. The van der Waals surface area contributed by atoms with Crippen LogP contribution in [-0.4, -0.2) is 36.5 Å². The van der Waals surface area contributed by atoms with Gasteiger partial charge < -0.3 is 10.2 Å². The average molecular weight is 292 g/mol. The second-order valence-electron chi connectivity index (χ2n) is 7.83. The molecule has 3 heteroatoms. The van der Waals surface area contributed by atoms with E-state index in [-0.39, 0.29) is 0 Å². The Morgan fingerprint density at radius 3 is 2.48 bits per heavy atom. The minimum absolute atomic E-state index is 0.395. The lowest BCUT2D eigenvalue weighted by molar-refractivity contribution is -0.134. The molecule has 2 aliphatic heterocycles. The Bertz CT molecular complexity index is 352. The minimum Gasteiger partial charge on any atom is -0.343 e. The summed E-state index contributed by atoms with van der Waals surface area (Å²) < 4.78 is 0. The third-order valence-corrected chi connectivity index (χ3v) is 6.42. The van der Waals surface area contributed by atoms with Crippen molar-refractivity contribution >= 4 is 5.91 Å². The quantitative estimate of drug-likeness (QED) is 0.846. The van der Waals surface area contributed by atoms with Crippen LogP contribution in [0.4, 0.5) is 0 Å². The van der Waals surface area contributed by atoms with Gasteiger partial charge in [-0.15, -0.1) is 0 Å². The van der Waals surface area contributed by atoms with Crippen molar-refractivity contribution in [2.45, 2.75) is 77.2 Å². The number of piperidine rings is 2. The van der Waals surface area contributed by atoms with E-state index in [1.54, 1.807) is 0 Å². The fraction of sp³-hybridized carbons (Fsp3) is 0.944. The maximum Gasteiger partial charge on any atom is 0.224 e. The summed E-state index contributed by atoms with van der Waals surface area (Å²) in [7, 11) is 0. The van der Waals surface area contributed by atoms with Crippen molar-refractivity contribution in [3.05, 3.63) is 0 Å². The van der Waals surface area contributed by atoms with Crippen molar-refractivity contribution < 1.29 is 4.79 Å². The highest BCUT2D eigenvalue weighted by Gasteiger charge is 2.37. The number of carbonyl (C=O) groups excluding carboxylic acids is 1. The number of nitrogens with one attached hydrogen (secondary N) is 1. The molecule has 0 radical (unpaired) electrons. The Morgan fingerprint density at radius 2 is 1.81 bits per heavy atom. The van der Waals surface area contributed by atoms with Crippen LogP contribution in [-0.2, 0) is 4.79 Å². The molecule has 2 unspecified atom stereocenters. The van der Waals surface area contributed by atoms with E-state index in [4.69, 9.17) is 0 Å². The largest absolute Gasteiger partial charge is 0.343 e. The van der Waals surface area contributed by atoms with Gasteiger partial charge in [-0.05, 0) is 56.4 Å². The molecule has 2 saturated heterocycles. The van der Waals surface area contributed by atoms with E-state index in [9.17, 15) is 4.79 Å². The Kier molecular flexibility index (Phi) is 4.88. The number of likely N-dealkylation sites (tertiary alicyclic amines) is 1. The summed E-state index contributed by atoms with van der Waals surface area (Å²) in [5, 5.41) is 3.55. The van der Waals surface area contributed by atoms with Crippen LogP contribution in [0.2, 0.25) is 0 Å². The molecule has 21 heavy (non-hydrogen) atoms. The van der Waals surface area contributed by atoms with Crippen molar-refractivity contribution in [3.8, 4) is 0 Å². The average Bonchev–Trinajstić information content (AvgIpc) is 2.51. The van der Waals surface area contributed by atoms with E-state index >= 15 is 0 Å². The zero-order valence-corrected chi connectivity index (χ0v) is 13.7. The van der Waals surface area contributed by atoms with Crippen LogP contribution in [0.5, 0.6) is 0 Å². The van der Waals surface area contributed by atoms with Crippen LogP contribution in [0.25, 0.3) is 0 Å². The van der Waals surface area contributed by atoms with Crippen molar-refractivity contribution in [2.24, 2.45) is 11.3 Å². The Hall–Kier alpha value is -0.570. The first kappa shape index (κ1) is 15.3. The Balaban J connectivity index is 1.48. The summed E-state index contributed by atoms with van der Waals surface area (Å²) in [5.74, 6) is 1.05. The number of rotatable bonds is 2. The zero-order chi connectivity index (χ0) is 14.7. The van der Waals surface area contributed by atoms with Crippen molar-refractivity contribution in [1.29, 1.82) is 0 Å². The van der Waals surface area contributed by atoms with Gasteiger partial charge in [-0.25, -0.2) is 0 Å². The molecule has 0 bridgehead atoms. The van der Waals surface area contributed by atoms with E-state index in [0.717, 1.165) is 19.6 Å². The van der Waals surface area contributed by atoms with Crippen LogP contribution < -0.4 is 5.32 Å². The summed E-state index contributed by atoms with van der Waals surface area (Å²) >= 11 is 0. The molecule has 3 fully saturated rings. The van der Waals surface area contributed by atoms with Gasteiger partial charge in [0.1, 0.15) is 0 Å². The Morgan fingerprint density at radius 1 is 1.10 bits per heavy atom. The molecule has 3 nitrogen and oxygen atoms in total. The first-order valence-corrected chi connectivity index (χ1v) is 9.20. The third kappa shape index (κ3) is 3.61. The zero-order valence-electron chi connectivity index (χ0n) is 13.7. The lowest BCUT2D eigenvalue weighted by atomic mass is 9.68. The lowest BCUT2D eigenvalue weighted by Crippen LogP contribution is -2.48. The molecule has 2 atom stereocenters. The van der Waals surface area contributed by atoms with Crippen LogP contribution in [0.15, 0.2) is 0 Å². The van der Waals surface area contributed by atoms with Gasteiger partial charge in [0, 0.05) is 25.6 Å². The first-order valence-electron chi connectivity index (χ1n) is 9.20. The second-order valence-corrected chi connectivity index (χ2v) is 7.83. The molecule has 120 valence electrons.